The van der Waals surface area contributed by atoms with Gasteiger partial charge in [0, 0.05) is 37.7 Å². The maximum atomic E-state index is 13.2. The summed E-state index contributed by atoms with van der Waals surface area (Å²) in [7, 11) is 2.95. The largest absolute Gasteiger partial charge is 0.511 e. The highest BCUT2D eigenvalue weighted by atomic mass is 32.2. The molecule has 1 unspecified atom stereocenters. The number of aromatic nitrogens is 1. The molecule has 1 aromatic rings. The smallest absolute Gasteiger partial charge is 0.445 e. The van der Waals surface area contributed by atoms with Crippen molar-refractivity contribution in [2.24, 2.45) is 5.16 Å². The number of oxime groups is 1. The number of β-lactam (4-membered cyclic amide) rings is 1. The van der Waals surface area contributed by atoms with E-state index in [1.54, 1.807) is 13.8 Å². The zero-order chi connectivity index (χ0) is 29.7. The summed E-state index contributed by atoms with van der Waals surface area (Å²) in [5.41, 5.74) is 5.17. The lowest BCUT2D eigenvalue weighted by Crippen LogP contribution is -2.71. The van der Waals surface area contributed by atoms with Crippen LogP contribution < -0.4 is 11.1 Å². The zero-order valence-electron chi connectivity index (χ0n) is 22.1. The number of thioether (sulfide) groups is 1. The number of hydrogen-bond donors (Lipinski definition) is 3. The fourth-order valence-electron chi connectivity index (χ4n) is 3.47. The van der Waals surface area contributed by atoms with E-state index < -0.39 is 59.6 Å². The SMILES string of the molecule is CC(C)OC(=O)OC(C)OC(=O)C1=C(COC(=O)N(C)C)CS[C@@H]2[C@H](NC(=O)/C(=N\O)c3cs[14c](N)n3)C(=O)N12. The Labute approximate surface area is 236 Å². The third-order valence-electron chi connectivity index (χ3n) is 5.21. The minimum Gasteiger partial charge on any atom is -0.445 e. The van der Waals surface area contributed by atoms with Gasteiger partial charge >= 0.3 is 18.2 Å². The molecule has 0 bridgehead atoms. The number of hydrogen-bond acceptors (Lipinski definition) is 15. The summed E-state index contributed by atoms with van der Waals surface area (Å²) in [6.07, 6.45) is -3.60. The first-order valence-corrected chi connectivity index (χ1v) is 13.6. The maximum absolute atomic E-state index is 13.2. The monoisotopic (exact) mass is 602 g/mol. The number of fused-ring (bicyclic) bond motifs is 1. The van der Waals surface area contributed by atoms with Crippen molar-refractivity contribution < 1.29 is 48.1 Å². The predicted molar refractivity (Wildman–Crippen MR) is 140 cm³/mol. The molecule has 0 saturated carbocycles. The van der Waals surface area contributed by atoms with Crippen molar-refractivity contribution >= 4 is 64.0 Å². The number of amides is 3. The lowest BCUT2D eigenvalue weighted by atomic mass is 10.0. The first-order valence-electron chi connectivity index (χ1n) is 11.7. The normalized spacial score (nSPS) is 19.3. The maximum Gasteiger partial charge on any atom is 0.511 e. The third kappa shape index (κ3) is 6.92. The number of carbonyl (C=O) groups is 5. The van der Waals surface area contributed by atoms with Gasteiger partial charge in [-0.15, -0.1) is 23.1 Å². The molecule has 3 heterocycles. The van der Waals surface area contributed by atoms with Gasteiger partial charge in [0.1, 0.15) is 29.4 Å². The van der Waals surface area contributed by atoms with Crippen LogP contribution >= 0.6 is 23.1 Å². The standard InChI is InChI=1S/C22H28N6O10S2/c1-9(2)36-22(33)38-10(3)37-19(31)15-11(6-35-21(32)27(4)5)7-39-18-14(17(30)28(15)18)25-16(29)13(26-34)12-8-40-20(23)24-12/h8-10,14,18,34H,6-7H2,1-5H3,(H2,23,24)(H,25,29)/b26-13-/t10?,14-,18-/m1/s1/i20+2. The van der Waals surface area contributed by atoms with Gasteiger partial charge in [-0.2, -0.15) is 0 Å². The lowest BCUT2D eigenvalue weighted by Gasteiger charge is -2.49. The minimum atomic E-state index is -1.38. The van der Waals surface area contributed by atoms with Gasteiger partial charge < -0.3 is 40.1 Å². The molecule has 1 fully saturated rings. The summed E-state index contributed by atoms with van der Waals surface area (Å²) in [4.78, 5) is 69.1. The average Bonchev–Trinajstić information content (AvgIpc) is 3.30. The van der Waals surface area contributed by atoms with Crippen LogP contribution in [-0.4, -0.2) is 106 Å². The first-order chi connectivity index (χ1) is 18.8. The molecule has 0 radical (unpaired) electrons. The number of nitrogens with one attached hydrogen (secondary N) is 1. The lowest BCUT2D eigenvalue weighted by molar-refractivity contribution is -0.169. The van der Waals surface area contributed by atoms with Gasteiger partial charge in [0.2, 0.25) is 6.29 Å². The van der Waals surface area contributed by atoms with Gasteiger partial charge in [-0.3, -0.25) is 14.5 Å². The fourth-order valence-corrected chi connectivity index (χ4v) is 5.34. The van der Waals surface area contributed by atoms with Crippen LogP contribution in [0.25, 0.3) is 0 Å². The Morgan fingerprint density at radius 3 is 2.55 bits per heavy atom. The number of nitrogens with zero attached hydrogens (tertiary/aromatic N) is 4. The molecular formula is C22H28N6O10S2. The number of anilines is 1. The highest BCUT2D eigenvalue weighted by Crippen LogP contribution is 2.41. The number of nitrogen functional groups attached to an aromatic ring is 1. The van der Waals surface area contributed by atoms with E-state index in [9.17, 15) is 29.2 Å². The summed E-state index contributed by atoms with van der Waals surface area (Å²) in [5, 5.41) is 15.6. The number of carbonyl (C=O) groups excluding carboxylic acids is 5. The molecule has 18 heteroatoms. The molecule has 16 nitrogen and oxygen atoms in total. The van der Waals surface area contributed by atoms with Gasteiger partial charge in [0.15, 0.2) is 10.8 Å². The molecule has 3 rings (SSSR count). The Morgan fingerprint density at radius 2 is 1.98 bits per heavy atom. The van der Waals surface area contributed by atoms with Crippen molar-refractivity contribution in [1.82, 2.24) is 20.1 Å². The topological polar surface area (TPSA) is 212 Å². The van der Waals surface area contributed by atoms with Crippen molar-refractivity contribution in [3.8, 4) is 0 Å². The van der Waals surface area contributed by atoms with Crippen molar-refractivity contribution in [3.05, 3.63) is 22.3 Å². The summed E-state index contributed by atoms with van der Waals surface area (Å²) in [6, 6.07) is -1.10. The van der Waals surface area contributed by atoms with Crippen LogP contribution in [0.2, 0.25) is 0 Å². The molecule has 0 aliphatic carbocycles. The Morgan fingerprint density at radius 1 is 1.27 bits per heavy atom. The molecule has 3 atom stereocenters. The number of thiazole rings is 1. The predicted octanol–water partition coefficient (Wildman–Crippen LogP) is 0.707. The van der Waals surface area contributed by atoms with Crippen molar-refractivity contribution in [2.45, 2.75) is 44.6 Å². The van der Waals surface area contributed by atoms with Crippen LogP contribution in [0.1, 0.15) is 26.5 Å². The molecule has 40 heavy (non-hydrogen) atoms. The van der Waals surface area contributed by atoms with Gasteiger partial charge in [0.05, 0.1) is 6.10 Å². The number of esters is 1. The molecule has 218 valence electrons. The Hall–Kier alpha value is -4.06. The summed E-state index contributed by atoms with van der Waals surface area (Å²) < 4.78 is 20.2. The molecule has 2 aliphatic heterocycles. The van der Waals surface area contributed by atoms with E-state index in [0.29, 0.717) is 0 Å². The molecule has 2 aliphatic rings. The molecule has 4 N–H and O–H groups in total. The molecular weight excluding hydrogens is 574 g/mol. The summed E-state index contributed by atoms with van der Waals surface area (Å²) >= 11 is 2.22. The second-order valence-corrected chi connectivity index (χ2v) is 10.8. The van der Waals surface area contributed by atoms with E-state index in [0.717, 1.165) is 16.2 Å². The Kier molecular flexibility index (Phi) is 9.80. The van der Waals surface area contributed by atoms with E-state index in [1.165, 1.54) is 43.1 Å². The Bertz CT molecular complexity index is 1250. The molecule has 3 amide bonds. The third-order valence-corrected chi connectivity index (χ3v) is 7.22. The summed E-state index contributed by atoms with van der Waals surface area (Å²) in [5.74, 6) is -2.48. The number of ether oxygens (including phenoxy) is 4. The number of rotatable bonds is 9. The van der Waals surface area contributed by atoms with Crippen LogP contribution in [0.3, 0.4) is 0 Å². The average molecular weight is 603 g/mol. The van der Waals surface area contributed by atoms with Crippen LogP contribution in [0.5, 0.6) is 0 Å². The van der Waals surface area contributed by atoms with Gasteiger partial charge in [0.25, 0.3) is 11.8 Å². The molecule has 1 saturated heterocycles. The first kappa shape index (κ1) is 30.5. The van der Waals surface area contributed by atoms with Crippen LogP contribution in [0, 0.1) is 0 Å². The molecule has 1 aromatic heterocycles. The van der Waals surface area contributed by atoms with Crippen molar-refractivity contribution in [3.63, 3.8) is 0 Å². The molecule has 0 aromatic carbocycles. The molecule has 0 spiro atoms. The second kappa shape index (κ2) is 12.9. The minimum absolute atomic E-state index is 0.0153. The number of nitrogens with two attached hydrogens (primary N) is 1. The Balaban J connectivity index is 1.79. The van der Waals surface area contributed by atoms with Crippen LogP contribution in [-0.2, 0) is 33.3 Å². The quantitative estimate of drug-likeness (QED) is 0.0676. The zero-order valence-corrected chi connectivity index (χ0v) is 23.7. The van der Waals surface area contributed by atoms with Crippen LogP contribution in [0.15, 0.2) is 21.8 Å². The highest BCUT2D eigenvalue weighted by molar-refractivity contribution is 8.00. The van der Waals surface area contributed by atoms with E-state index in [2.05, 4.69) is 15.5 Å². The summed E-state index contributed by atoms with van der Waals surface area (Å²) in [6.45, 7) is 4.16. The van der Waals surface area contributed by atoms with Crippen molar-refractivity contribution in [2.75, 3.05) is 32.2 Å². The van der Waals surface area contributed by atoms with Gasteiger partial charge in [-0.05, 0) is 13.8 Å². The van der Waals surface area contributed by atoms with E-state index in [-0.39, 0.29) is 34.5 Å². The second-order valence-electron chi connectivity index (χ2n) is 8.79. The van der Waals surface area contributed by atoms with Crippen LogP contribution in [0.4, 0.5) is 14.7 Å². The van der Waals surface area contributed by atoms with E-state index in [1.807, 2.05) is 0 Å². The van der Waals surface area contributed by atoms with E-state index >= 15 is 0 Å². The van der Waals surface area contributed by atoms with Gasteiger partial charge in [-0.25, -0.2) is 19.4 Å². The fraction of sp³-hybridized carbons (Fsp3) is 0.500. The highest BCUT2D eigenvalue weighted by Gasteiger charge is 2.55. The van der Waals surface area contributed by atoms with Crippen molar-refractivity contribution in [1.29, 1.82) is 0 Å². The van der Waals surface area contributed by atoms with Gasteiger partial charge in [-0.1, -0.05) is 5.16 Å². The van der Waals surface area contributed by atoms with E-state index in [4.69, 9.17) is 24.7 Å².